The van der Waals surface area contributed by atoms with E-state index in [4.69, 9.17) is 14.2 Å². The van der Waals surface area contributed by atoms with Crippen molar-refractivity contribution in [2.75, 3.05) is 21.3 Å². The topological polar surface area (TPSA) is 73.9 Å². The van der Waals surface area contributed by atoms with Crippen LogP contribution in [0.15, 0.2) is 41.3 Å². The molecule has 0 aliphatic heterocycles. The molecule has 162 valence electrons. The fourth-order valence-electron chi connectivity index (χ4n) is 5.24. The molecule has 2 aliphatic carbocycles. The van der Waals surface area contributed by atoms with Crippen molar-refractivity contribution in [1.82, 2.24) is 4.72 Å². The molecule has 30 heavy (non-hydrogen) atoms. The Morgan fingerprint density at radius 3 is 2.20 bits per heavy atom. The van der Waals surface area contributed by atoms with Gasteiger partial charge < -0.3 is 14.2 Å². The van der Waals surface area contributed by atoms with Crippen molar-refractivity contribution in [2.24, 2.45) is 0 Å². The van der Waals surface area contributed by atoms with E-state index in [1.807, 2.05) is 12.1 Å². The first kappa shape index (κ1) is 21.0. The van der Waals surface area contributed by atoms with E-state index in [9.17, 15) is 8.42 Å². The summed E-state index contributed by atoms with van der Waals surface area (Å²) < 4.78 is 46.2. The highest BCUT2D eigenvalue weighted by Crippen LogP contribution is 2.59. The molecule has 0 amide bonds. The summed E-state index contributed by atoms with van der Waals surface area (Å²) in [6, 6.07) is 10.1. The number of benzene rings is 2. The van der Waals surface area contributed by atoms with Crippen LogP contribution in [0, 0.1) is 0 Å². The van der Waals surface area contributed by atoms with Gasteiger partial charge in [-0.3, -0.25) is 0 Å². The van der Waals surface area contributed by atoms with Gasteiger partial charge in [0.05, 0.1) is 26.2 Å². The fourth-order valence-corrected chi connectivity index (χ4v) is 6.48. The molecule has 1 spiro atoms. The number of rotatable bonds is 6. The summed E-state index contributed by atoms with van der Waals surface area (Å²) in [6.07, 6.45) is 6.17. The van der Waals surface area contributed by atoms with E-state index in [0.717, 1.165) is 36.8 Å². The maximum absolute atomic E-state index is 13.1. The fraction of sp³-hybridized carbons (Fsp3) is 0.478. The highest BCUT2D eigenvalue weighted by Gasteiger charge is 2.48. The van der Waals surface area contributed by atoms with E-state index in [2.05, 4.69) is 4.72 Å². The Labute approximate surface area is 178 Å². The second kappa shape index (κ2) is 8.12. The number of methoxy groups -OCH3 is 3. The molecular weight excluding hydrogens is 402 g/mol. The lowest BCUT2D eigenvalue weighted by Gasteiger charge is -2.36. The quantitative estimate of drug-likeness (QED) is 0.737. The van der Waals surface area contributed by atoms with Crippen LogP contribution in [0.25, 0.3) is 0 Å². The minimum Gasteiger partial charge on any atom is -0.493 e. The molecular formula is C23H29NO5S. The number of hydrogen-bond donors (Lipinski definition) is 1. The highest BCUT2D eigenvalue weighted by molar-refractivity contribution is 7.89. The van der Waals surface area contributed by atoms with Gasteiger partial charge in [-0.2, -0.15) is 0 Å². The van der Waals surface area contributed by atoms with E-state index in [-0.39, 0.29) is 16.4 Å². The van der Waals surface area contributed by atoms with Crippen molar-refractivity contribution in [3.63, 3.8) is 0 Å². The van der Waals surface area contributed by atoms with E-state index in [0.29, 0.717) is 23.7 Å². The lowest BCUT2D eigenvalue weighted by Crippen LogP contribution is -2.31. The number of hydrogen-bond acceptors (Lipinski definition) is 5. The van der Waals surface area contributed by atoms with Gasteiger partial charge >= 0.3 is 0 Å². The molecule has 7 heteroatoms. The van der Waals surface area contributed by atoms with E-state index < -0.39 is 10.0 Å². The zero-order valence-corrected chi connectivity index (χ0v) is 18.6. The Hall–Kier alpha value is -2.25. The summed E-state index contributed by atoms with van der Waals surface area (Å²) >= 11 is 0. The van der Waals surface area contributed by atoms with Crippen LogP contribution in [-0.4, -0.2) is 29.7 Å². The van der Waals surface area contributed by atoms with Gasteiger partial charge in [-0.15, -0.1) is 0 Å². The highest BCUT2D eigenvalue weighted by atomic mass is 32.2. The second-order valence-electron chi connectivity index (χ2n) is 8.14. The zero-order valence-electron chi connectivity index (χ0n) is 17.7. The number of ether oxygens (including phenoxy) is 3. The smallest absolute Gasteiger partial charge is 0.241 e. The third-order valence-electron chi connectivity index (χ3n) is 6.52. The molecule has 1 N–H and O–H groups in total. The predicted molar refractivity (Wildman–Crippen MR) is 115 cm³/mol. The zero-order chi connectivity index (χ0) is 21.4. The monoisotopic (exact) mass is 431 g/mol. The molecule has 0 heterocycles. The molecule has 2 aromatic rings. The van der Waals surface area contributed by atoms with Gasteiger partial charge in [0.1, 0.15) is 0 Å². The first-order chi connectivity index (χ1) is 14.5. The maximum Gasteiger partial charge on any atom is 0.241 e. The third-order valence-corrected chi connectivity index (χ3v) is 8.01. The van der Waals surface area contributed by atoms with E-state index >= 15 is 0 Å². The SMILES string of the molecule is COc1cc2c(c(OC)c1OC)C1(CCCCC1)CC2NS(=O)(=O)c1ccccc1. The van der Waals surface area contributed by atoms with Gasteiger partial charge in [-0.1, -0.05) is 37.5 Å². The lowest BCUT2D eigenvalue weighted by molar-refractivity contribution is 0.264. The van der Waals surface area contributed by atoms with Gasteiger partial charge in [0.15, 0.2) is 11.5 Å². The molecule has 2 aromatic carbocycles. The summed E-state index contributed by atoms with van der Waals surface area (Å²) in [5, 5.41) is 0. The summed E-state index contributed by atoms with van der Waals surface area (Å²) in [6.45, 7) is 0. The van der Waals surface area contributed by atoms with Crippen LogP contribution in [0.1, 0.15) is 55.7 Å². The van der Waals surface area contributed by atoms with Crippen molar-refractivity contribution in [3.05, 3.63) is 47.5 Å². The molecule has 1 unspecified atom stereocenters. The summed E-state index contributed by atoms with van der Waals surface area (Å²) in [4.78, 5) is 0.267. The lowest BCUT2D eigenvalue weighted by atomic mass is 9.70. The first-order valence-corrected chi connectivity index (χ1v) is 11.8. The molecule has 1 atom stereocenters. The molecule has 0 bridgehead atoms. The summed E-state index contributed by atoms with van der Waals surface area (Å²) in [5.74, 6) is 1.77. The minimum absolute atomic E-state index is 0.123. The largest absolute Gasteiger partial charge is 0.493 e. The first-order valence-electron chi connectivity index (χ1n) is 10.4. The standard InChI is InChI=1S/C23H29NO5S/c1-27-19-14-17-18(24-30(25,26)16-10-6-4-7-11-16)15-23(12-8-5-9-13-23)20(17)22(29-3)21(19)28-2/h4,6-7,10-11,14,18,24H,5,8-9,12-13,15H2,1-3H3. The average molecular weight is 432 g/mol. The average Bonchev–Trinajstić information content (AvgIpc) is 3.05. The minimum atomic E-state index is -3.66. The molecule has 0 aromatic heterocycles. The Kier molecular flexibility index (Phi) is 5.68. The summed E-state index contributed by atoms with van der Waals surface area (Å²) in [7, 11) is 1.16. The molecule has 4 rings (SSSR count). The Bertz CT molecular complexity index is 1010. The Balaban J connectivity index is 1.85. The van der Waals surface area contributed by atoms with Crippen LogP contribution in [0.5, 0.6) is 17.2 Å². The van der Waals surface area contributed by atoms with Crippen LogP contribution in [0.4, 0.5) is 0 Å². The predicted octanol–water partition coefficient (Wildman–Crippen LogP) is 4.34. The van der Waals surface area contributed by atoms with E-state index in [1.54, 1.807) is 45.6 Å². The third kappa shape index (κ3) is 3.44. The number of sulfonamides is 1. The maximum atomic E-state index is 13.1. The van der Waals surface area contributed by atoms with Crippen LogP contribution in [-0.2, 0) is 15.4 Å². The molecule has 0 radical (unpaired) electrons. The van der Waals surface area contributed by atoms with Crippen LogP contribution in [0.2, 0.25) is 0 Å². The van der Waals surface area contributed by atoms with Crippen LogP contribution in [0.3, 0.4) is 0 Å². The van der Waals surface area contributed by atoms with Gasteiger partial charge in [0.2, 0.25) is 15.8 Å². The van der Waals surface area contributed by atoms with Crippen molar-refractivity contribution in [1.29, 1.82) is 0 Å². The molecule has 0 saturated heterocycles. The van der Waals surface area contributed by atoms with Gasteiger partial charge in [-0.05, 0) is 43.0 Å². The Morgan fingerprint density at radius 1 is 0.933 bits per heavy atom. The molecule has 2 aliphatic rings. The summed E-state index contributed by atoms with van der Waals surface area (Å²) in [5.41, 5.74) is 1.87. The molecule has 1 saturated carbocycles. The van der Waals surface area contributed by atoms with Crippen molar-refractivity contribution in [3.8, 4) is 17.2 Å². The molecule has 1 fully saturated rings. The normalized spacial score (nSPS) is 20.0. The molecule has 6 nitrogen and oxygen atoms in total. The van der Waals surface area contributed by atoms with Crippen molar-refractivity contribution < 1.29 is 22.6 Å². The number of nitrogens with one attached hydrogen (secondary N) is 1. The van der Waals surface area contributed by atoms with Crippen molar-refractivity contribution in [2.45, 2.75) is 54.9 Å². The van der Waals surface area contributed by atoms with Gasteiger partial charge in [0.25, 0.3) is 0 Å². The van der Waals surface area contributed by atoms with Crippen molar-refractivity contribution >= 4 is 10.0 Å². The second-order valence-corrected chi connectivity index (χ2v) is 9.86. The number of fused-ring (bicyclic) bond motifs is 2. The van der Waals surface area contributed by atoms with Crippen LogP contribution < -0.4 is 18.9 Å². The van der Waals surface area contributed by atoms with Gasteiger partial charge in [0, 0.05) is 17.0 Å². The van der Waals surface area contributed by atoms with E-state index in [1.165, 1.54) is 6.42 Å². The van der Waals surface area contributed by atoms with Gasteiger partial charge in [-0.25, -0.2) is 13.1 Å². The van der Waals surface area contributed by atoms with Crippen LogP contribution >= 0.6 is 0 Å². The Morgan fingerprint density at radius 2 is 1.60 bits per heavy atom.